The Balaban J connectivity index is 2.10. The van der Waals surface area contributed by atoms with E-state index in [1.807, 2.05) is 13.0 Å². The molecule has 9 heteroatoms. The number of nitrogens with zero attached hydrogens (tertiary/aromatic N) is 1. The molecule has 162 valence electrons. The zero-order chi connectivity index (χ0) is 22.3. The predicted octanol–water partition coefficient (Wildman–Crippen LogP) is 6.09. The minimum absolute atomic E-state index is 0.162. The zero-order valence-electron chi connectivity index (χ0n) is 16.6. The molecule has 0 bridgehead atoms. The summed E-state index contributed by atoms with van der Waals surface area (Å²) >= 11 is 25.7. The van der Waals surface area contributed by atoms with Gasteiger partial charge in [0.1, 0.15) is 6.04 Å². The van der Waals surface area contributed by atoms with E-state index in [1.54, 1.807) is 37.3 Å². The van der Waals surface area contributed by atoms with Gasteiger partial charge in [0, 0.05) is 28.9 Å². The molecule has 2 amide bonds. The van der Waals surface area contributed by atoms with Crippen molar-refractivity contribution < 1.29 is 9.59 Å². The highest BCUT2D eigenvalue weighted by molar-refractivity contribution is 7.99. The van der Waals surface area contributed by atoms with Gasteiger partial charge < -0.3 is 10.2 Å². The molecule has 0 heterocycles. The van der Waals surface area contributed by atoms with Crippen molar-refractivity contribution in [3.05, 3.63) is 67.6 Å². The molecule has 0 aliphatic carbocycles. The number of likely N-dealkylation sites (N-methyl/N-ethyl adjacent to an activating group) is 1. The molecule has 0 radical (unpaired) electrons. The lowest BCUT2D eigenvalue weighted by Gasteiger charge is -2.29. The van der Waals surface area contributed by atoms with E-state index in [9.17, 15) is 9.59 Å². The first-order chi connectivity index (χ1) is 14.2. The standard InChI is InChI=1S/C21H22Cl4N2O2S/c1-3-26-21(29)13(2)27(10-15-5-6-16(22)9-18(15)24)20(28)12-30-11-14-4-7-17(23)19(25)8-14/h4-9,13H,3,10-12H2,1-2H3,(H,26,29)/t13-/m1/s1. The molecule has 2 aromatic rings. The van der Waals surface area contributed by atoms with Crippen LogP contribution in [0.5, 0.6) is 0 Å². The summed E-state index contributed by atoms with van der Waals surface area (Å²) in [7, 11) is 0. The van der Waals surface area contributed by atoms with Crippen LogP contribution in [0.4, 0.5) is 0 Å². The van der Waals surface area contributed by atoms with Gasteiger partial charge in [0.25, 0.3) is 0 Å². The van der Waals surface area contributed by atoms with E-state index in [-0.39, 0.29) is 24.1 Å². The number of benzene rings is 2. The summed E-state index contributed by atoms with van der Waals surface area (Å²) in [6, 6.07) is 9.83. The van der Waals surface area contributed by atoms with Crippen molar-refractivity contribution >= 4 is 70.0 Å². The molecule has 30 heavy (non-hydrogen) atoms. The summed E-state index contributed by atoms with van der Waals surface area (Å²) in [4.78, 5) is 26.9. The molecule has 0 saturated carbocycles. The van der Waals surface area contributed by atoms with E-state index in [1.165, 1.54) is 16.7 Å². The van der Waals surface area contributed by atoms with Crippen LogP contribution in [0.3, 0.4) is 0 Å². The molecular weight excluding hydrogens is 486 g/mol. The fourth-order valence-electron chi connectivity index (χ4n) is 2.71. The number of amides is 2. The monoisotopic (exact) mass is 506 g/mol. The third kappa shape index (κ3) is 7.24. The van der Waals surface area contributed by atoms with Gasteiger partial charge in [0.05, 0.1) is 15.8 Å². The number of hydrogen-bond donors (Lipinski definition) is 1. The molecule has 0 aliphatic rings. The minimum Gasteiger partial charge on any atom is -0.355 e. The Labute approximate surface area is 201 Å². The highest BCUT2D eigenvalue weighted by atomic mass is 35.5. The summed E-state index contributed by atoms with van der Waals surface area (Å²) in [5.41, 5.74) is 1.69. The molecule has 2 aromatic carbocycles. The minimum atomic E-state index is -0.644. The Morgan fingerprint density at radius 3 is 2.40 bits per heavy atom. The molecular formula is C21H22Cl4N2O2S. The van der Waals surface area contributed by atoms with Crippen molar-refractivity contribution in [2.24, 2.45) is 0 Å². The number of hydrogen-bond acceptors (Lipinski definition) is 3. The molecule has 1 atom stereocenters. The van der Waals surface area contributed by atoms with Crippen molar-refractivity contribution in [3.63, 3.8) is 0 Å². The Bertz CT molecular complexity index is 911. The summed E-state index contributed by atoms with van der Waals surface area (Å²) in [6.45, 7) is 4.23. The van der Waals surface area contributed by atoms with Gasteiger partial charge in [-0.2, -0.15) is 0 Å². The van der Waals surface area contributed by atoms with Crippen molar-refractivity contribution in [2.75, 3.05) is 12.3 Å². The van der Waals surface area contributed by atoms with Gasteiger partial charge in [-0.05, 0) is 49.2 Å². The van der Waals surface area contributed by atoms with E-state index in [2.05, 4.69) is 5.32 Å². The SMILES string of the molecule is CCNC(=O)[C@@H](C)N(Cc1ccc(Cl)cc1Cl)C(=O)CSCc1ccc(Cl)c(Cl)c1. The second kappa shape index (κ2) is 12.1. The number of carbonyl (C=O) groups is 2. The third-order valence-corrected chi connectivity index (χ3v) is 6.67. The molecule has 2 rings (SSSR count). The highest BCUT2D eigenvalue weighted by Crippen LogP contribution is 2.26. The van der Waals surface area contributed by atoms with Crippen LogP contribution in [0.15, 0.2) is 36.4 Å². The molecule has 4 nitrogen and oxygen atoms in total. The maximum Gasteiger partial charge on any atom is 0.242 e. The van der Waals surface area contributed by atoms with Crippen molar-refractivity contribution in [1.82, 2.24) is 10.2 Å². The average Bonchev–Trinajstić information content (AvgIpc) is 2.69. The van der Waals surface area contributed by atoms with Gasteiger partial charge in [0.2, 0.25) is 11.8 Å². The van der Waals surface area contributed by atoms with Crippen LogP contribution >= 0.6 is 58.2 Å². The maximum atomic E-state index is 13.0. The second-order valence-electron chi connectivity index (χ2n) is 6.57. The van der Waals surface area contributed by atoms with Crippen LogP contribution in [0.25, 0.3) is 0 Å². The number of rotatable bonds is 9. The van der Waals surface area contributed by atoms with Gasteiger partial charge >= 0.3 is 0 Å². The molecule has 0 saturated heterocycles. The van der Waals surface area contributed by atoms with E-state index in [0.29, 0.717) is 32.4 Å². The third-order valence-electron chi connectivity index (χ3n) is 4.35. The fourth-order valence-corrected chi connectivity index (χ4v) is 4.35. The van der Waals surface area contributed by atoms with Gasteiger partial charge in [-0.15, -0.1) is 11.8 Å². The van der Waals surface area contributed by atoms with Crippen LogP contribution in [0.1, 0.15) is 25.0 Å². The molecule has 1 N–H and O–H groups in total. The highest BCUT2D eigenvalue weighted by Gasteiger charge is 2.26. The van der Waals surface area contributed by atoms with Crippen LogP contribution in [-0.4, -0.2) is 35.1 Å². The zero-order valence-corrected chi connectivity index (χ0v) is 20.4. The van der Waals surface area contributed by atoms with Crippen LogP contribution in [0, 0.1) is 0 Å². The number of carbonyl (C=O) groups excluding carboxylic acids is 2. The second-order valence-corrected chi connectivity index (χ2v) is 9.21. The number of halogens is 4. The summed E-state index contributed by atoms with van der Waals surface area (Å²) in [6.07, 6.45) is 0. The summed E-state index contributed by atoms with van der Waals surface area (Å²) < 4.78 is 0. The molecule has 0 spiro atoms. The van der Waals surface area contributed by atoms with Gasteiger partial charge in [-0.1, -0.05) is 58.5 Å². The van der Waals surface area contributed by atoms with Crippen molar-refractivity contribution in [1.29, 1.82) is 0 Å². The lowest BCUT2D eigenvalue weighted by molar-refractivity contribution is -0.138. The van der Waals surface area contributed by atoms with E-state index < -0.39 is 6.04 Å². The quantitative estimate of drug-likeness (QED) is 0.447. The van der Waals surface area contributed by atoms with Crippen molar-refractivity contribution in [2.45, 2.75) is 32.2 Å². The Morgan fingerprint density at radius 2 is 1.77 bits per heavy atom. The normalized spacial score (nSPS) is 11.8. The Morgan fingerprint density at radius 1 is 1.03 bits per heavy atom. The van der Waals surface area contributed by atoms with Gasteiger partial charge in [-0.3, -0.25) is 9.59 Å². The van der Waals surface area contributed by atoms with E-state index >= 15 is 0 Å². The summed E-state index contributed by atoms with van der Waals surface area (Å²) in [5, 5.41) is 4.69. The van der Waals surface area contributed by atoms with Gasteiger partial charge in [-0.25, -0.2) is 0 Å². The first kappa shape index (κ1) is 25.2. The predicted molar refractivity (Wildman–Crippen MR) is 128 cm³/mol. The molecule has 0 fully saturated rings. The lowest BCUT2D eigenvalue weighted by Crippen LogP contribution is -2.48. The number of nitrogens with one attached hydrogen (secondary N) is 1. The molecule has 0 aromatic heterocycles. The Hall–Kier alpha value is -1.11. The van der Waals surface area contributed by atoms with Crippen LogP contribution in [0.2, 0.25) is 20.1 Å². The molecule has 0 unspecified atom stereocenters. The first-order valence-corrected chi connectivity index (χ1v) is 11.9. The van der Waals surface area contributed by atoms with Crippen LogP contribution < -0.4 is 5.32 Å². The fraction of sp³-hybridized carbons (Fsp3) is 0.333. The lowest BCUT2D eigenvalue weighted by atomic mass is 10.1. The average molecular weight is 508 g/mol. The van der Waals surface area contributed by atoms with Crippen LogP contribution in [-0.2, 0) is 21.9 Å². The van der Waals surface area contributed by atoms with Gasteiger partial charge in [0.15, 0.2) is 0 Å². The smallest absolute Gasteiger partial charge is 0.242 e. The summed E-state index contributed by atoms with van der Waals surface area (Å²) in [5.74, 6) is 0.415. The molecule has 0 aliphatic heterocycles. The topological polar surface area (TPSA) is 49.4 Å². The van der Waals surface area contributed by atoms with E-state index in [0.717, 1.165) is 11.1 Å². The van der Waals surface area contributed by atoms with Crippen molar-refractivity contribution in [3.8, 4) is 0 Å². The number of thioether (sulfide) groups is 1. The first-order valence-electron chi connectivity index (χ1n) is 9.25. The largest absolute Gasteiger partial charge is 0.355 e. The maximum absolute atomic E-state index is 13.0. The Kier molecular flexibility index (Phi) is 10.1. The van der Waals surface area contributed by atoms with E-state index in [4.69, 9.17) is 46.4 Å².